The monoisotopic (exact) mass is 156 g/mol. The normalized spacial score (nSPS) is 8.82. The highest BCUT2D eigenvalue weighted by molar-refractivity contribution is 5.85. The van der Waals surface area contributed by atoms with Crippen molar-refractivity contribution in [2.45, 2.75) is 26.2 Å². The Morgan fingerprint density at radius 2 is 2.09 bits per heavy atom. The van der Waals surface area contributed by atoms with Crippen LogP contribution in [0.1, 0.15) is 26.2 Å². The third-order valence-corrected chi connectivity index (χ3v) is 1.07. The van der Waals surface area contributed by atoms with Crippen molar-refractivity contribution in [3.05, 3.63) is 12.7 Å². The summed E-state index contributed by atoms with van der Waals surface area (Å²) < 4.78 is 4.38. The number of allylic oxidation sites excluding steroid dienone is 1. The van der Waals surface area contributed by atoms with Gasteiger partial charge in [-0.15, -0.1) is 6.58 Å². The number of carbonyl (C=O) groups excluding carboxylic acids is 2. The second-order valence-corrected chi connectivity index (χ2v) is 2.03. The summed E-state index contributed by atoms with van der Waals surface area (Å²) in [7, 11) is 0. The van der Waals surface area contributed by atoms with E-state index in [9.17, 15) is 9.59 Å². The largest absolute Gasteiger partial charge is 0.393 e. The van der Waals surface area contributed by atoms with Crippen LogP contribution in [0.25, 0.3) is 0 Å². The summed E-state index contributed by atoms with van der Waals surface area (Å²) in [5.41, 5.74) is 0. The third-order valence-electron chi connectivity index (χ3n) is 1.07. The molecule has 0 aromatic heterocycles. The van der Waals surface area contributed by atoms with Crippen LogP contribution < -0.4 is 0 Å². The maximum Gasteiger partial charge on any atom is 0.313 e. The third kappa shape index (κ3) is 5.33. The van der Waals surface area contributed by atoms with Crippen molar-refractivity contribution in [3.8, 4) is 0 Å². The van der Waals surface area contributed by atoms with Gasteiger partial charge < -0.3 is 4.74 Å². The van der Waals surface area contributed by atoms with Crippen molar-refractivity contribution >= 4 is 11.9 Å². The molecule has 0 aliphatic heterocycles. The summed E-state index contributed by atoms with van der Waals surface area (Å²) in [4.78, 5) is 21.2. The summed E-state index contributed by atoms with van der Waals surface area (Å²) in [6, 6.07) is 0. The molecule has 62 valence electrons. The molecule has 0 fully saturated rings. The van der Waals surface area contributed by atoms with E-state index in [1.165, 1.54) is 0 Å². The number of hydrogen-bond donors (Lipinski definition) is 0. The van der Waals surface area contributed by atoms with E-state index in [1.807, 2.05) is 0 Å². The molecule has 0 aliphatic rings. The van der Waals surface area contributed by atoms with E-state index >= 15 is 0 Å². The number of esters is 2. The molecular formula is C8H12O3. The number of ether oxygens (including phenoxy) is 1. The van der Waals surface area contributed by atoms with Crippen molar-refractivity contribution in [1.82, 2.24) is 0 Å². The molecule has 0 saturated heterocycles. The van der Waals surface area contributed by atoms with Gasteiger partial charge in [0.1, 0.15) is 0 Å². The number of rotatable bonds is 4. The lowest BCUT2D eigenvalue weighted by atomic mass is 10.3. The van der Waals surface area contributed by atoms with Gasteiger partial charge in [-0.1, -0.05) is 13.0 Å². The van der Waals surface area contributed by atoms with Crippen molar-refractivity contribution in [3.63, 3.8) is 0 Å². The van der Waals surface area contributed by atoms with Gasteiger partial charge in [0.2, 0.25) is 0 Å². The highest BCUT2D eigenvalue weighted by Crippen LogP contribution is 1.94. The van der Waals surface area contributed by atoms with Gasteiger partial charge in [0.15, 0.2) is 0 Å². The van der Waals surface area contributed by atoms with Gasteiger partial charge in [0, 0.05) is 12.8 Å². The minimum Gasteiger partial charge on any atom is -0.393 e. The van der Waals surface area contributed by atoms with E-state index in [4.69, 9.17) is 0 Å². The smallest absolute Gasteiger partial charge is 0.313 e. The number of hydrogen-bond acceptors (Lipinski definition) is 3. The Hall–Kier alpha value is -1.12. The van der Waals surface area contributed by atoms with Crippen molar-refractivity contribution in [2.75, 3.05) is 0 Å². The first-order valence-electron chi connectivity index (χ1n) is 3.55. The fourth-order valence-corrected chi connectivity index (χ4v) is 0.470. The van der Waals surface area contributed by atoms with E-state index < -0.39 is 11.9 Å². The predicted octanol–water partition coefficient (Wildman–Crippen LogP) is 1.43. The molecular weight excluding hydrogens is 144 g/mol. The molecule has 3 heteroatoms. The van der Waals surface area contributed by atoms with Crippen LogP contribution in [-0.4, -0.2) is 11.9 Å². The standard InChI is InChI=1S/C8H12O3/c1-3-5-6-8(10)11-7(9)4-2/h3H,1,4-6H2,2H3. The zero-order valence-electron chi connectivity index (χ0n) is 6.63. The summed E-state index contributed by atoms with van der Waals surface area (Å²) in [6.45, 7) is 5.08. The van der Waals surface area contributed by atoms with Crippen LogP contribution in [0.5, 0.6) is 0 Å². The minimum absolute atomic E-state index is 0.231. The van der Waals surface area contributed by atoms with Gasteiger partial charge in [0.25, 0.3) is 0 Å². The second-order valence-electron chi connectivity index (χ2n) is 2.03. The highest BCUT2D eigenvalue weighted by atomic mass is 16.6. The Bertz CT molecular complexity index is 161. The van der Waals surface area contributed by atoms with E-state index in [-0.39, 0.29) is 12.8 Å². The fraction of sp³-hybridized carbons (Fsp3) is 0.500. The quantitative estimate of drug-likeness (QED) is 0.351. The Morgan fingerprint density at radius 1 is 1.45 bits per heavy atom. The Morgan fingerprint density at radius 3 is 2.55 bits per heavy atom. The van der Waals surface area contributed by atoms with Crippen LogP contribution in [0.15, 0.2) is 12.7 Å². The fourth-order valence-electron chi connectivity index (χ4n) is 0.470. The van der Waals surface area contributed by atoms with Gasteiger partial charge in [0.05, 0.1) is 0 Å². The van der Waals surface area contributed by atoms with Crippen molar-refractivity contribution in [2.24, 2.45) is 0 Å². The number of carbonyl (C=O) groups is 2. The van der Waals surface area contributed by atoms with E-state index in [1.54, 1.807) is 13.0 Å². The summed E-state index contributed by atoms with van der Waals surface area (Å²) in [5, 5.41) is 0. The first kappa shape index (κ1) is 9.88. The Labute approximate surface area is 66.0 Å². The molecule has 0 atom stereocenters. The Kier molecular flexibility index (Phi) is 5.07. The van der Waals surface area contributed by atoms with Gasteiger partial charge >= 0.3 is 11.9 Å². The Balaban J connectivity index is 3.51. The van der Waals surface area contributed by atoms with Gasteiger partial charge in [-0.2, -0.15) is 0 Å². The maximum absolute atomic E-state index is 10.7. The van der Waals surface area contributed by atoms with Crippen LogP contribution in [0.4, 0.5) is 0 Å². The van der Waals surface area contributed by atoms with Crippen LogP contribution in [0.3, 0.4) is 0 Å². The molecule has 0 saturated carbocycles. The predicted molar refractivity (Wildman–Crippen MR) is 40.8 cm³/mol. The van der Waals surface area contributed by atoms with Gasteiger partial charge in [-0.25, -0.2) is 0 Å². The van der Waals surface area contributed by atoms with Crippen molar-refractivity contribution < 1.29 is 14.3 Å². The molecule has 3 nitrogen and oxygen atoms in total. The lowest BCUT2D eigenvalue weighted by Crippen LogP contribution is -2.10. The molecule has 0 unspecified atom stereocenters. The van der Waals surface area contributed by atoms with E-state index in [2.05, 4.69) is 11.3 Å². The zero-order chi connectivity index (χ0) is 8.69. The lowest BCUT2D eigenvalue weighted by molar-refractivity contribution is -0.159. The van der Waals surface area contributed by atoms with E-state index in [0.29, 0.717) is 6.42 Å². The van der Waals surface area contributed by atoms with E-state index in [0.717, 1.165) is 0 Å². The molecule has 0 rings (SSSR count). The highest BCUT2D eigenvalue weighted by Gasteiger charge is 2.05. The van der Waals surface area contributed by atoms with Crippen LogP contribution >= 0.6 is 0 Å². The molecule has 0 heterocycles. The molecule has 0 aromatic rings. The van der Waals surface area contributed by atoms with Gasteiger partial charge in [-0.3, -0.25) is 9.59 Å². The summed E-state index contributed by atoms with van der Waals surface area (Å²) in [6.07, 6.45) is 2.63. The summed E-state index contributed by atoms with van der Waals surface area (Å²) >= 11 is 0. The molecule has 0 bridgehead atoms. The molecule has 0 N–H and O–H groups in total. The first-order chi connectivity index (χ1) is 5.20. The van der Waals surface area contributed by atoms with Gasteiger partial charge in [-0.05, 0) is 6.42 Å². The summed E-state index contributed by atoms with van der Waals surface area (Å²) in [5.74, 6) is -0.948. The minimum atomic E-state index is -0.475. The molecule has 0 aliphatic carbocycles. The second kappa shape index (κ2) is 5.65. The van der Waals surface area contributed by atoms with Crippen molar-refractivity contribution in [1.29, 1.82) is 0 Å². The van der Waals surface area contributed by atoms with Crippen LogP contribution in [0, 0.1) is 0 Å². The van der Waals surface area contributed by atoms with Crippen LogP contribution in [-0.2, 0) is 14.3 Å². The molecule has 11 heavy (non-hydrogen) atoms. The topological polar surface area (TPSA) is 43.4 Å². The zero-order valence-corrected chi connectivity index (χ0v) is 6.63. The average Bonchev–Trinajstić information content (AvgIpc) is 2.00. The molecule has 0 spiro atoms. The average molecular weight is 156 g/mol. The SMILES string of the molecule is C=CCCC(=O)OC(=O)CC. The molecule has 0 radical (unpaired) electrons. The molecule has 0 amide bonds. The molecule has 0 aromatic carbocycles. The first-order valence-corrected chi connectivity index (χ1v) is 3.55. The van der Waals surface area contributed by atoms with Crippen LogP contribution in [0.2, 0.25) is 0 Å². The lowest BCUT2D eigenvalue weighted by Gasteiger charge is -1.97. The maximum atomic E-state index is 10.7.